The molecular formula is C23H27IN4O4. The van der Waals surface area contributed by atoms with Crippen LogP contribution in [-0.4, -0.2) is 38.4 Å². The maximum Gasteiger partial charge on any atom is 0.213 e. The first kappa shape index (κ1) is 25.1. The third kappa shape index (κ3) is 7.80. The Hall–Kier alpha value is -3.21. The zero-order valence-corrected chi connectivity index (χ0v) is 20.3. The summed E-state index contributed by atoms with van der Waals surface area (Å²) in [6.07, 6.45) is 1.71. The van der Waals surface area contributed by atoms with Gasteiger partial charge in [0.15, 0.2) is 17.5 Å². The third-order valence-electron chi connectivity index (χ3n) is 4.23. The first-order valence-electron chi connectivity index (χ1n) is 9.72. The summed E-state index contributed by atoms with van der Waals surface area (Å²) in [6.45, 7) is 1.23. The predicted molar refractivity (Wildman–Crippen MR) is 136 cm³/mol. The number of halogens is 1. The SMILES string of the molecule is COc1ccc(NC(N)=NCc2ccc(OCCOc3ccccc3)nc2)cc1OC.I. The van der Waals surface area contributed by atoms with Gasteiger partial charge in [-0.15, -0.1) is 24.0 Å². The number of methoxy groups -OCH3 is 2. The second-order valence-corrected chi connectivity index (χ2v) is 6.41. The molecule has 3 aromatic rings. The van der Waals surface area contributed by atoms with Gasteiger partial charge in [0.05, 0.1) is 20.8 Å². The Morgan fingerprint density at radius 3 is 2.38 bits per heavy atom. The molecule has 0 atom stereocenters. The molecule has 0 aliphatic carbocycles. The van der Waals surface area contributed by atoms with Crippen LogP contribution in [0.4, 0.5) is 5.69 Å². The van der Waals surface area contributed by atoms with E-state index in [1.807, 2.05) is 42.5 Å². The van der Waals surface area contributed by atoms with E-state index < -0.39 is 0 Å². The highest BCUT2D eigenvalue weighted by atomic mass is 127. The maximum absolute atomic E-state index is 5.98. The minimum Gasteiger partial charge on any atom is -0.493 e. The molecule has 3 rings (SSSR count). The lowest BCUT2D eigenvalue weighted by Gasteiger charge is -2.11. The molecule has 2 aromatic carbocycles. The van der Waals surface area contributed by atoms with Gasteiger partial charge in [-0.2, -0.15) is 0 Å². The van der Waals surface area contributed by atoms with Crippen molar-refractivity contribution >= 4 is 35.6 Å². The number of guanidine groups is 1. The van der Waals surface area contributed by atoms with Gasteiger partial charge in [0.1, 0.15) is 19.0 Å². The third-order valence-corrected chi connectivity index (χ3v) is 4.23. The Kier molecular flexibility index (Phi) is 10.4. The highest BCUT2D eigenvalue weighted by molar-refractivity contribution is 14.0. The predicted octanol–water partition coefficient (Wildman–Crippen LogP) is 4.10. The summed E-state index contributed by atoms with van der Waals surface area (Å²) in [4.78, 5) is 8.63. The van der Waals surface area contributed by atoms with E-state index >= 15 is 0 Å². The molecule has 0 amide bonds. The van der Waals surface area contributed by atoms with Gasteiger partial charge in [-0.1, -0.05) is 24.3 Å². The molecule has 1 heterocycles. The molecule has 0 fully saturated rings. The Morgan fingerprint density at radius 1 is 0.938 bits per heavy atom. The largest absolute Gasteiger partial charge is 0.493 e. The Morgan fingerprint density at radius 2 is 1.69 bits per heavy atom. The van der Waals surface area contributed by atoms with Crippen molar-refractivity contribution in [2.75, 3.05) is 32.8 Å². The average Bonchev–Trinajstić information content (AvgIpc) is 2.82. The Balaban J connectivity index is 0.00000363. The number of rotatable bonds is 10. The number of anilines is 1. The molecule has 0 aliphatic rings. The fraction of sp³-hybridized carbons (Fsp3) is 0.217. The fourth-order valence-electron chi connectivity index (χ4n) is 2.69. The molecule has 8 nitrogen and oxygen atoms in total. The van der Waals surface area contributed by atoms with E-state index in [1.165, 1.54) is 0 Å². The van der Waals surface area contributed by atoms with Crippen LogP contribution >= 0.6 is 24.0 Å². The smallest absolute Gasteiger partial charge is 0.213 e. The summed E-state index contributed by atoms with van der Waals surface area (Å²) in [6, 6.07) is 18.7. The summed E-state index contributed by atoms with van der Waals surface area (Å²) in [5.41, 5.74) is 7.64. The first-order chi connectivity index (χ1) is 15.2. The van der Waals surface area contributed by atoms with Crippen molar-refractivity contribution in [2.24, 2.45) is 10.7 Å². The van der Waals surface area contributed by atoms with Gasteiger partial charge in [0, 0.05) is 24.0 Å². The Bertz CT molecular complexity index is 985. The van der Waals surface area contributed by atoms with Crippen molar-refractivity contribution in [1.82, 2.24) is 4.98 Å². The van der Waals surface area contributed by atoms with Gasteiger partial charge in [0.25, 0.3) is 0 Å². The molecule has 0 unspecified atom stereocenters. The zero-order valence-electron chi connectivity index (χ0n) is 18.0. The molecule has 0 saturated carbocycles. The highest BCUT2D eigenvalue weighted by Crippen LogP contribution is 2.29. The van der Waals surface area contributed by atoms with Crippen LogP contribution < -0.4 is 30.0 Å². The van der Waals surface area contributed by atoms with Gasteiger partial charge < -0.3 is 30.0 Å². The monoisotopic (exact) mass is 550 g/mol. The minimum atomic E-state index is 0. The molecule has 0 aliphatic heterocycles. The summed E-state index contributed by atoms with van der Waals surface area (Å²) >= 11 is 0. The molecule has 3 N–H and O–H groups in total. The number of nitrogens with one attached hydrogen (secondary N) is 1. The van der Waals surface area contributed by atoms with Crippen molar-refractivity contribution in [3.8, 4) is 23.1 Å². The summed E-state index contributed by atoms with van der Waals surface area (Å²) in [7, 11) is 3.17. The van der Waals surface area contributed by atoms with Gasteiger partial charge in [-0.05, 0) is 29.8 Å². The lowest BCUT2D eigenvalue weighted by atomic mass is 10.2. The van der Waals surface area contributed by atoms with Crippen LogP contribution in [-0.2, 0) is 6.54 Å². The number of hydrogen-bond donors (Lipinski definition) is 2. The van der Waals surface area contributed by atoms with Gasteiger partial charge in [-0.3, -0.25) is 0 Å². The molecule has 0 bridgehead atoms. The number of hydrogen-bond acceptors (Lipinski definition) is 6. The number of aromatic nitrogens is 1. The van der Waals surface area contributed by atoms with E-state index in [4.69, 9.17) is 24.7 Å². The zero-order chi connectivity index (χ0) is 21.9. The number of pyridine rings is 1. The van der Waals surface area contributed by atoms with Crippen LogP contribution in [0.2, 0.25) is 0 Å². The molecule has 9 heteroatoms. The topological polar surface area (TPSA) is 100 Å². The second-order valence-electron chi connectivity index (χ2n) is 6.41. The second kappa shape index (κ2) is 13.3. The van der Waals surface area contributed by atoms with Crippen LogP contribution in [0.3, 0.4) is 0 Å². The number of para-hydroxylation sites is 1. The molecule has 0 radical (unpaired) electrons. The van der Waals surface area contributed by atoms with Crippen molar-refractivity contribution in [2.45, 2.75) is 6.54 Å². The number of benzene rings is 2. The first-order valence-corrected chi connectivity index (χ1v) is 9.72. The number of nitrogens with two attached hydrogens (primary N) is 1. The van der Waals surface area contributed by atoms with Crippen molar-refractivity contribution in [3.05, 3.63) is 72.4 Å². The number of ether oxygens (including phenoxy) is 4. The van der Waals surface area contributed by atoms with Gasteiger partial charge >= 0.3 is 0 Å². The van der Waals surface area contributed by atoms with Crippen LogP contribution in [0.5, 0.6) is 23.1 Å². The van der Waals surface area contributed by atoms with Crippen molar-refractivity contribution < 1.29 is 18.9 Å². The quantitative estimate of drug-likeness (QED) is 0.170. The lowest BCUT2D eigenvalue weighted by molar-refractivity contribution is 0.212. The van der Waals surface area contributed by atoms with E-state index in [0.717, 1.165) is 17.0 Å². The van der Waals surface area contributed by atoms with Crippen LogP contribution in [0.15, 0.2) is 71.9 Å². The molecule has 0 saturated heterocycles. The fourth-order valence-corrected chi connectivity index (χ4v) is 2.69. The molecule has 170 valence electrons. The number of aliphatic imine (C=N–C) groups is 1. The van der Waals surface area contributed by atoms with Crippen molar-refractivity contribution in [1.29, 1.82) is 0 Å². The summed E-state index contributed by atoms with van der Waals surface area (Å²) in [5.74, 6) is 2.87. The molecule has 1 aromatic heterocycles. The maximum atomic E-state index is 5.98. The standard InChI is InChI=1S/C23H26N4O4.HI/c1-28-20-10-9-18(14-21(20)29-2)27-23(24)26-16-17-8-11-22(25-15-17)31-13-12-30-19-6-4-3-5-7-19;/h3-11,14-15H,12-13,16H2,1-2H3,(H3,24,26,27);1H. The molecular weight excluding hydrogens is 523 g/mol. The van der Waals surface area contributed by atoms with E-state index in [0.29, 0.717) is 37.1 Å². The van der Waals surface area contributed by atoms with Crippen molar-refractivity contribution in [3.63, 3.8) is 0 Å². The Labute approximate surface area is 204 Å². The summed E-state index contributed by atoms with van der Waals surface area (Å²) in [5, 5.41) is 3.03. The highest BCUT2D eigenvalue weighted by Gasteiger charge is 2.05. The van der Waals surface area contributed by atoms with Gasteiger partial charge in [-0.25, -0.2) is 9.98 Å². The van der Waals surface area contributed by atoms with Crippen LogP contribution in [0.25, 0.3) is 0 Å². The number of nitrogens with zero attached hydrogens (tertiary/aromatic N) is 2. The van der Waals surface area contributed by atoms with E-state index in [1.54, 1.807) is 38.6 Å². The lowest BCUT2D eigenvalue weighted by Crippen LogP contribution is -2.22. The average molecular weight is 550 g/mol. The molecule has 0 spiro atoms. The van der Waals surface area contributed by atoms with Crippen LogP contribution in [0.1, 0.15) is 5.56 Å². The van der Waals surface area contributed by atoms with E-state index in [9.17, 15) is 0 Å². The minimum absolute atomic E-state index is 0. The van der Waals surface area contributed by atoms with E-state index in [-0.39, 0.29) is 29.9 Å². The van der Waals surface area contributed by atoms with E-state index in [2.05, 4.69) is 15.3 Å². The summed E-state index contributed by atoms with van der Waals surface area (Å²) < 4.78 is 21.7. The van der Waals surface area contributed by atoms with Crippen LogP contribution in [0, 0.1) is 0 Å². The normalized spacial score (nSPS) is 10.6. The van der Waals surface area contributed by atoms with Gasteiger partial charge in [0.2, 0.25) is 5.88 Å². The molecule has 32 heavy (non-hydrogen) atoms.